The second kappa shape index (κ2) is 8.24. The fourth-order valence-electron chi connectivity index (χ4n) is 5.40. The molecule has 0 unspecified atom stereocenters. The van der Waals surface area contributed by atoms with E-state index in [2.05, 4.69) is 32.2 Å². The number of nitrogens with one attached hydrogen (secondary N) is 2. The second-order valence-corrected chi connectivity index (χ2v) is 8.72. The average Bonchev–Trinajstić information content (AvgIpc) is 3.32. The molecule has 0 bridgehead atoms. The number of hydrogen-bond donors (Lipinski definition) is 2. The second-order valence-electron chi connectivity index (χ2n) is 8.72. The van der Waals surface area contributed by atoms with Crippen LogP contribution in [0.4, 0.5) is 19.4 Å². The molecule has 1 spiro atoms. The van der Waals surface area contributed by atoms with Crippen molar-refractivity contribution in [3.8, 4) is 11.4 Å². The molecule has 1 saturated heterocycles. The number of pyridine rings is 1. The summed E-state index contributed by atoms with van der Waals surface area (Å²) in [5.41, 5.74) is 0.455. The molecular weight excluding hydrogens is 430 g/mol. The van der Waals surface area contributed by atoms with E-state index in [1.165, 1.54) is 6.07 Å². The Hall–Kier alpha value is -3.30. The van der Waals surface area contributed by atoms with E-state index in [4.69, 9.17) is 4.74 Å². The van der Waals surface area contributed by atoms with Crippen molar-refractivity contribution in [2.45, 2.75) is 63.6 Å². The Morgan fingerprint density at radius 3 is 2.94 bits per heavy atom. The summed E-state index contributed by atoms with van der Waals surface area (Å²) >= 11 is 0. The summed E-state index contributed by atoms with van der Waals surface area (Å²) < 4.78 is 34.3. The SMILES string of the molecule is CC[C@H]1N(CC)C(=O)O[C@]12CCC[C@H](Nc1nc(-c3c[nH]c4ncc(F)cc34)ncc1F)C2. The van der Waals surface area contributed by atoms with Crippen molar-refractivity contribution < 1.29 is 18.3 Å². The molecule has 1 amide bonds. The highest BCUT2D eigenvalue weighted by atomic mass is 19.1. The molecule has 2 N–H and O–H groups in total. The van der Waals surface area contributed by atoms with Crippen molar-refractivity contribution >= 4 is 22.9 Å². The Balaban J connectivity index is 1.42. The molecule has 1 saturated carbocycles. The zero-order valence-electron chi connectivity index (χ0n) is 18.6. The van der Waals surface area contributed by atoms with E-state index >= 15 is 0 Å². The number of amides is 1. The van der Waals surface area contributed by atoms with E-state index in [1.54, 1.807) is 11.1 Å². The van der Waals surface area contributed by atoms with Crippen molar-refractivity contribution in [2.75, 3.05) is 11.9 Å². The molecule has 5 rings (SSSR count). The van der Waals surface area contributed by atoms with Crippen molar-refractivity contribution in [2.24, 2.45) is 0 Å². The van der Waals surface area contributed by atoms with E-state index < -0.39 is 17.2 Å². The van der Waals surface area contributed by atoms with Crippen LogP contribution < -0.4 is 5.32 Å². The molecule has 1 aliphatic carbocycles. The number of hydrogen-bond acceptors (Lipinski definition) is 6. The molecule has 2 fully saturated rings. The minimum atomic E-state index is -0.579. The van der Waals surface area contributed by atoms with Gasteiger partial charge in [-0.05, 0) is 38.7 Å². The van der Waals surface area contributed by atoms with Crippen molar-refractivity contribution in [3.05, 3.63) is 36.3 Å². The van der Waals surface area contributed by atoms with Gasteiger partial charge in [0, 0.05) is 36.2 Å². The molecule has 4 heterocycles. The first kappa shape index (κ1) is 21.5. The molecule has 3 aromatic heterocycles. The van der Waals surface area contributed by atoms with E-state index in [9.17, 15) is 13.6 Å². The van der Waals surface area contributed by atoms with Crippen LogP contribution in [0.5, 0.6) is 0 Å². The Bertz CT molecular complexity index is 1200. The van der Waals surface area contributed by atoms with E-state index in [0.717, 1.165) is 38.1 Å². The maximum atomic E-state index is 14.7. The zero-order valence-corrected chi connectivity index (χ0v) is 18.6. The summed E-state index contributed by atoms with van der Waals surface area (Å²) in [6, 6.07) is 1.23. The third-order valence-electron chi connectivity index (χ3n) is 6.80. The lowest BCUT2D eigenvalue weighted by atomic mass is 9.76. The van der Waals surface area contributed by atoms with Gasteiger partial charge >= 0.3 is 6.09 Å². The molecule has 0 aromatic carbocycles. The monoisotopic (exact) mass is 456 g/mol. The summed E-state index contributed by atoms with van der Waals surface area (Å²) in [7, 11) is 0. The highest BCUT2D eigenvalue weighted by Crippen LogP contribution is 2.43. The standard InChI is InChI=1S/C23H26F2N6O2/c1-3-18-23(33-22(32)31(18)4-2)7-5-6-14(9-23)29-21-17(25)12-28-20(30-21)16-11-27-19-15(16)8-13(24)10-26-19/h8,10-12,14,18H,3-7,9H2,1-2H3,(H,26,27)(H,28,29,30)/t14-,18+,23-/m0/s1. The summed E-state index contributed by atoms with van der Waals surface area (Å²) in [6.45, 7) is 4.61. The molecule has 3 atom stereocenters. The minimum absolute atomic E-state index is 0.000904. The number of ether oxygens (including phenoxy) is 1. The van der Waals surface area contributed by atoms with Gasteiger partial charge in [0.25, 0.3) is 0 Å². The number of nitrogens with zero attached hydrogens (tertiary/aromatic N) is 4. The third-order valence-corrected chi connectivity index (χ3v) is 6.80. The molecule has 3 aromatic rings. The predicted octanol–water partition coefficient (Wildman–Crippen LogP) is 4.64. The molecule has 174 valence electrons. The Kier molecular flexibility index (Phi) is 5.38. The number of rotatable bonds is 5. The first-order valence-corrected chi connectivity index (χ1v) is 11.4. The number of carbonyl (C=O) groups excluding carboxylic acids is 1. The van der Waals surface area contributed by atoms with Crippen LogP contribution in [0.1, 0.15) is 46.0 Å². The molecule has 8 nitrogen and oxygen atoms in total. The molecule has 33 heavy (non-hydrogen) atoms. The molecule has 2 aliphatic rings. The average molecular weight is 456 g/mol. The van der Waals surface area contributed by atoms with E-state index in [0.29, 0.717) is 29.6 Å². The molecule has 1 aliphatic heterocycles. The molecule has 0 radical (unpaired) electrons. The van der Waals surface area contributed by atoms with Gasteiger partial charge in [-0.2, -0.15) is 0 Å². The van der Waals surface area contributed by atoms with Gasteiger partial charge in [-0.25, -0.2) is 28.5 Å². The van der Waals surface area contributed by atoms with Crippen LogP contribution in [0.2, 0.25) is 0 Å². The van der Waals surface area contributed by atoms with E-state index in [-0.39, 0.29) is 29.8 Å². The van der Waals surface area contributed by atoms with Crippen LogP contribution in [0.3, 0.4) is 0 Å². The minimum Gasteiger partial charge on any atom is -0.441 e. The first-order chi connectivity index (χ1) is 15.9. The van der Waals surface area contributed by atoms with Gasteiger partial charge < -0.3 is 19.9 Å². The van der Waals surface area contributed by atoms with Gasteiger partial charge in [0.2, 0.25) is 0 Å². The third kappa shape index (κ3) is 3.67. The molecule has 10 heteroatoms. The number of carbonyl (C=O) groups is 1. The topological polar surface area (TPSA) is 96.0 Å². The van der Waals surface area contributed by atoms with Crippen LogP contribution in [0.15, 0.2) is 24.7 Å². The maximum absolute atomic E-state index is 14.7. The number of aromatic nitrogens is 4. The van der Waals surface area contributed by atoms with Crippen LogP contribution in [0.25, 0.3) is 22.4 Å². The van der Waals surface area contributed by atoms with E-state index in [1.807, 2.05) is 6.92 Å². The summed E-state index contributed by atoms with van der Waals surface area (Å²) in [4.78, 5) is 29.7. The van der Waals surface area contributed by atoms with Crippen LogP contribution in [-0.4, -0.2) is 55.2 Å². The first-order valence-electron chi connectivity index (χ1n) is 11.4. The zero-order chi connectivity index (χ0) is 23.2. The van der Waals surface area contributed by atoms with Gasteiger partial charge in [-0.3, -0.25) is 0 Å². The lowest BCUT2D eigenvalue weighted by molar-refractivity contribution is -0.00285. The van der Waals surface area contributed by atoms with Gasteiger partial charge in [-0.1, -0.05) is 6.92 Å². The van der Waals surface area contributed by atoms with Gasteiger partial charge in [0.15, 0.2) is 17.5 Å². The lowest BCUT2D eigenvalue weighted by Gasteiger charge is -2.41. The number of anilines is 1. The number of aromatic amines is 1. The van der Waals surface area contributed by atoms with Gasteiger partial charge in [-0.15, -0.1) is 0 Å². The Morgan fingerprint density at radius 2 is 2.15 bits per heavy atom. The Labute approximate surface area is 189 Å². The lowest BCUT2D eigenvalue weighted by Crippen LogP contribution is -2.50. The number of fused-ring (bicyclic) bond motifs is 1. The predicted molar refractivity (Wildman–Crippen MR) is 119 cm³/mol. The normalized spacial score (nSPS) is 25.1. The van der Waals surface area contributed by atoms with Gasteiger partial charge in [0.05, 0.1) is 18.4 Å². The van der Waals surface area contributed by atoms with Gasteiger partial charge in [0.1, 0.15) is 17.1 Å². The maximum Gasteiger partial charge on any atom is 0.410 e. The van der Waals surface area contributed by atoms with Crippen molar-refractivity contribution in [3.63, 3.8) is 0 Å². The fraction of sp³-hybridized carbons (Fsp3) is 0.478. The smallest absolute Gasteiger partial charge is 0.410 e. The van der Waals surface area contributed by atoms with Crippen LogP contribution in [-0.2, 0) is 4.74 Å². The van der Waals surface area contributed by atoms with Crippen LogP contribution >= 0.6 is 0 Å². The van der Waals surface area contributed by atoms with Crippen LogP contribution in [0, 0.1) is 11.6 Å². The quantitative estimate of drug-likeness (QED) is 0.581. The summed E-state index contributed by atoms with van der Waals surface area (Å²) in [6.07, 6.45) is 7.41. The molecular formula is C23H26F2N6O2. The largest absolute Gasteiger partial charge is 0.441 e. The van der Waals surface area contributed by atoms with Crippen molar-refractivity contribution in [1.29, 1.82) is 0 Å². The number of likely N-dealkylation sites (N-methyl/N-ethyl adjacent to an activating group) is 1. The highest BCUT2D eigenvalue weighted by Gasteiger charge is 2.54. The summed E-state index contributed by atoms with van der Waals surface area (Å²) in [5, 5.41) is 3.74. The fourth-order valence-corrected chi connectivity index (χ4v) is 5.40. The Morgan fingerprint density at radius 1 is 1.30 bits per heavy atom. The number of halogens is 2. The highest BCUT2D eigenvalue weighted by molar-refractivity contribution is 5.91. The van der Waals surface area contributed by atoms with Crippen molar-refractivity contribution in [1.82, 2.24) is 24.8 Å². The number of H-pyrrole nitrogens is 1. The summed E-state index contributed by atoms with van der Waals surface area (Å²) in [5.74, 6) is -0.716.